The standard InChI is InChI=1S/C21H21FN4O/c1-14(27)26-13-3-2-4-18(26)21-24-19(15-5-7-17(22)8-6-15)20(25-21)16-9-11-23-12-10-16/h5-12,18H,2-4,13H2,1H3,(H,24,25). The monoisotopic (exact) mass is 364 g/mol. The molecule has 1 aliphatic heterocycles. The van der Waals surface area contributed by atoms with Gasteiger partial charge in [-0.2, -0.15) is 0 Å². The number of hydrogen-bond acceptors (Lipinski definition) is 3. The Balaban J connectivity index is 1.82. The van der Waals surface area contributed by atoms with E-state index in [1.807, 2.05) is 17.0 Å². The van der Waals surface area contributed by atoms with E-state index in [0.29, 0.717) is 0 Å². The molecule has 0 spiro atoms. The molecule has 1 aliphatic rings. The summed E-state index contributed by atoms with van der Waals surface area (Å²) in [6.07, 6.45) is 6.41. The first-order valence-electron chi connectivity index (χ1n) is 9.17. The Morgan fingerprint density at radius 2 is 1.85 bits per heavy atom. The molecule has 1 aromatic carbocycles. The lowest BCUT2D eigenvalue weighted by molar-refractivity contribution is -0.132. The molecule has 0 radical (unpaired) electrons. The third kappa shape index (κ3) is 3.47. The minimum atomic E-state index is -0.282. The van der Waals surface area contributed by atoms with E-state index in [0.717, 1.165) is 54.1 Å². The highest BCUT2D eigenvalue weighted by Gasteiger charge is 2.29. The summed E-state index contributed by atoms with van der Waals surface area (Å²) in [6.45, 7) is 2.35. The van der Waals surface area contributed by atoms with Gasteiger partial charge in [0.2, 0.25) is 5.91 Å². The van der Waals surface area contributed by atoms with Gasteiger partial charge >= 0.3 is 0 Å². The highest BCUT2D eigenvalue weighted by molar-refractivity contribution is 5.78. The molecule has 0 bridgehead atoms. The molecule has 1 amide bonds. The fourth-order valence-corrected chi connectivity index (χ4v) is 3.69. The Morgan fingerprint density at radius 3 is 2.56 bits per heavy atom. The van der Waals surface area contributed by atoms with Gasteiger partial charge in [-0.3, -0.25) is 9.78 Å². The Morgan fingerprint density at radius 1 is 1.11 bits per heavy atom. The first-order chi connectivity index (χ1) is 13.1. The van der Waals surface area contributed by atoms with Crippen molar-refractivity contribution in [1.29, 1.82) is 0 Å². The number of amides is 1. The lowest BCUT2D eigenvalue weighted by Gasteiger charge is -2.33. The molecule has 1 saturated heterocycles. The quantitative estimate of drug-likeness (QED) is 0.751. The minimum Gasteiger partial charge on any atom is -0.340 e. The smallest absolute Gasteiger partial charge is 0.220 e. The van der Waals surface area contributed by atoms with Gasteiger partial charge in [-0.15, -0.1) is 0 Å². The number of imidazole rings is 1. The highest BCUT2D eigenvalue weighted by atomic mass is 19.1. The number of carbonyl (C=O) groups excluding carboxylic acids is 1. The maximum Gasteiger partial charge on any atom is 0.220 e. The van der Waals surface area contributed by atoms with Crippen LogP contribution in [0, 0.1) is 5.82 Å². The van der Waals surface area contributed by atoms with Crippen LogP contribution >= 0.6 is 0 Å². The van der Waals surface area contributed by atoms with Crippen LogP contribution in [0.4, 0.5) is 4.39 Å². The predicted octanol–water partition coefficient (Wildman–Crippen LogP) is 4.35. The third-order valence-corrected chi connectivity index (χ3v) is 5.03. The van der Waals surface area contributed by atoms with E-state index in [4.69, 9.17) is 4.98 Å². The topological polar surface area (TPSA) is 61.9 Å². The van der Waals surface area contributed by atoms with Crippen LogP contribution in [0.2, 0.25) is 0 Å². The lowest BCUT2D eigenvalue weighted by atomic mass is 10.0. The number of piperidine rings is 1. The van der Waals surface area contributed by atoms with Gasteiger partial charge in [-0.25, -0.2) is 9.37 Å². The maximum atomic E-state index is 13.4. The Hall–Kier alpha value is -3.02. The number of halogens is 1. The summed E-state index contributed by atoms with van der Waals surface area (Å²) in [5.74, 6) is 0.552. The van der Waals surface area contributed by atoms with Gasteiger partial charge in [0.25, 0.3) is 0 Å². The second-order valence-electron chi connectivity index (χ2n) is 6.81. The third-order valence-electron chi connectivity index (χ3n) is 5.03. The zero-order chi connectivity index (χ0) is 18.8. The Bertz CT molecular complexity index is 937. The number of nitrogens with one attached hydrogen (secondary N) is 1. The molecule has 4 rings (SSSR count). The van der Waals surface area contributed by atoms with Crippen molar-refractivity contribution in [2.75, 3.05) is 6.54 Å². The van der Waals surface area contributed by atoms with Crippen molar-refractivity contribution < 1.29 is 9.18 Å². The molecule has 1 N–H and O–H groups in total. The second kappa shape index (κ2) is 7.31. The SMILES string of the molecule is CC(=O)N1CCCCC1c1nc(-c2ccc(F)cc2)c(-c2ccncc2)[nH]1. The molecule has 6 heteroatoms. The molecule has 0 saturated carbocycles. The molecule has 1 unspecified atom stereocenters. The predicted molar refractivity (Wildman–Crippen MR) is 101 cm³/mol. The average molecular weight is 364 g/mol. The summed E-state index contributed by atoms with van der Waals surface area (Å²) in [6, 6.07) is 10.1. The number of aromatic amines is 1. The fraction of sp³-hybridized carbons (Fsp3) is 0.286. The van der Waals surface area contributed by atoms with E-state index in [2.05, 4.69) is 9.97 Å². The molecule has 27 heavy (non-hydrogen) atoms. The van der Waals surface area contributed by atoms with Crippen molar-refractivity contribution in [3.8, 4) is 22.5 Å². The van der Waals surface area contributed by atoms with E-state index in [1.54, 1.807) is 31.5 Å². The van der Waals surface area contributed by atoms with Gasteiger partial charge in [0.1, 0.15) is 11.6 Å². The van der Waals surface area contributed by atoms with Crippen LogP contribution < -0.4 is 0 Å². The maximum absolute atomic E-state index is 13.4. The first-order valence-corrected chi connectivity index (χ1v) is 9.17. The Labute approximate surface area is 157 Å². The number of aromatic nitrogens is 3. The zero-order valence-corrected chi connectivity index (χ0v) is 15.2. The molecule has 3 heterocycles. The summed E-state index contributed by atoms with van der Waals surface area (Å²) in [5, 5.41) is 0. The number of benzene rings is 1. The molecule has 3 aromatic rings. The number of carbonyl (C=O) groups is 1. The second-order valence-corrected chi connectivity index (χ2v) is 6.81. The van der Waals surface area contributed by atoms with Gasteiger partial charge in [-0.05, 0) is 55.7 Å². The molecule has 1 fully saturated rings. The summed E-state index contributed by atoms with van der Waals surface area (Å²) >= 11 is 0. The zero-order valence-electron chi connectivity index (χ0n) is 15.2. The molecule has 2 aromatic heterocycles. The molecule has 0 aliphatic carbocycles. The molecule has 5 nitrogen and oxygen atoms in total. The largest absolute Gasteiger partial charge is 0.340 e. The van der Waals surface area contributed by atoms with Crippen LogP contribution in [0.25, 0.3) is 22.5 Å². The van der Waals surface area contributed by atoms with E-state index >= 15 is 0 Å². The van der Waals surface area contributed by atoms with Crippen molar-refractivity contribution in [1.82, 2.24) is 19.9 Å². The van der Waals surface area contributed by atoms with Crippen LogP contribution in [0.1, 0.15) is 38.1 Å². The highest BCUT2D eigenvalue weighted by Crippen LogP contribution is 2.35. The summed E-state index contributed by atoms with van der Waals surface area (Å²) in [5.41, 5.74) is 3.39. The summed E-state index contributed by atoms with van der Waals surface area (Å²) in [4.78, 5) is 26.3. The lowest BCUT2D eigenvalue weighted by Crippen LogP contribution is -2.37. The van der Waals surface area contributed by atoms with E-state index in [1.165, 1.54) is 12.1 Å². The van der Waals surface area contributed by atoms with Crippen molar-refractivity contribution >= 4 is 5.91 Å². The number of hydrogen-bond donors (Lipinski definition) is 1. The van der Waals surface area contributed by atoms with Crippen molar-refractivity contribution in [2.45, 2.75) is 32.2 Å². The average Bonchev–Trinajstić information content (AvgIpc) is 3.14. The van der Waals surface area contributed by atoms with Gasteiger partial charge in [-0.1, -0.05) is 0 Å². The number of nitrogens with zero attached hydrogens (tertiary/aromatic N) is 3. The van der Waals surface area contributed by atoms with Crippen LogP contribution in [0.15, 0.2) is 48.8 Å². The van der Waals surface area contributed by atoms with Crippen LogP contribution in [0.3, 0.4) is 0 Å². The number of rotatable bonds is 3. The van der Waals surface area contributed by atoms with E-state index in [-0.39, 0.29) is 17.8 Å². The normalized spacial score (nSPS) is 17.1. The minimum absolute atomic E-state index is 0.0601. The molecule has 138 valence electrons. The van der Waals surface area contributed by atoms with Crippen LogP contribution in [-0.4, -0.2) is 32.3 Å². The van der Waals surface area contributed by atoms with Crippen LogP contribution in [-0.2, 0) is 4.79 Å². The first kappa shape index (κ1) is 17.4. The molecule has 1 atom stereocenters. The summed E-state index contributed by atoms with van der Waals surface area (Å²) < 4.78 is 13.4. The molecular weight excluding hydrogens is 343 g/mol. The van der Waals surface area contributed by atoms with Gasteiger partial charge in [0.05, 0.1) is 17.4 Å². The van der Waals surface area contributed by atoms with Crippen molar-refractivity contribution in [3.05, 3.63) is 60.4 Å². The van der Waals surface area contributed by atoms with Gasteiger partial charge in [0, 0.05) is 37.0 Å². The van der Waals surface area contributed by atoms with E-state index < -0.39 is 0 Å². The van der Waals surface area contributed by atoms with Crippen molar-refractivity contribution in [2.24, 2.45) is 0 Å². The number of pyridine rings is 1. The molecular formula is C21H21FN4O. The number of likely N-dealkylation sites (tertiary alicyclic amines) is 1. The Kier molecular flexibility index (Phi) is 4.71. The van der Waals surface area contributed by atoms with Crippen molar-refractivity contribution in [3.63, 3.8) is 0 Å². The van der Waals surface area contributed by atoms with Crippen LogP contribution in [0.5, 0.6) is 0 Å². The van der Waals surface area contributed by atoms with E-state index in [9.17, 15) is 9.18 Å². The summed E-state index contributed by atoms with van der Waals surface area (Å²) in [7, 11) is 0. The van der Waals surface area contributed by atoms with Gasteiger partial charge in [0.15, 0.2) is 0 Å². The number of H-pyrrole nitrogens is 1. The fourth-order valence-electron chi connectivity index (χ4n) is 3.69. The van der Waals surface area contributed by atoms with Gasteiger partial charge < -0.3 is 9.88 Å².